The highest BCUT2D eigenvalue weighted by Crippen LogP contribution is 2.06. The monoisotopic (exact) mass is 206 g/mol. The number of pyridine rings is 1. The van der Waals surface area contributed by atoms with Gasteiger partial charge in [0.2, 0.25) is 0 Å². The molecular formula is C13H22N2. The molecule has 0 amide bonds. The average Bonchev–Trinajstić information content (AvgIpc) is 2.25. The first-order valence-electron chi connectivity index (χ1n) is 5.87. The minimum absolute atomic E-state index is 0.609. The van der Waals surface area contributed by atoms with Crippen LogP contribution in [0.4, 0.5) is 0 Å². The van der Waals surface area contributed by atoms with Gasteiger partial charge >= 0.3 is 0 Å². The molecule has 2 heteroatoms. The van der Waals surface area contributed by atoms with Gasteiger partial charge < -0.3 is 5.32 Å². The molecule has 1 N–H and O–H groups in total. The molecular weight excluding hydrogens is 184 g/mol. The van der Waals surface area contributed by atoms with E-state index in [1.165, 1.54) is 30.4 Å². The van der Waals surface area contributed by atoms with Crippen LogP contribution in [0.15, 0.2) is 18.5 Å². The van der Waals surface area contributed by atoms with Crippen LogP contribution in [0.5, 0.6) is 0 Å². The summed E-state index contributed by atoms with van der Waals surface area (Å²) in [4.78, 5) is 4.09. The minimum Gasteiger partial charge on any atom is -0.310 e. The third-order valence-electron chi connectivity index (χ3n) is 2.77. The lowest BCUT2D eigenvalue weighted by Gasteiger charge is -2.14. The lowest BCUT2D eigenvalue weighted by atomic mass is 10.1. The number of rotatable bonds is 6. The normalized spacial score (nSPS) is 12.7. The summed E-state index contributed by atoms with van der Waals surface area (Å²) in [6, 6.07) is 2.70. The van der Waals surface area contributed by atoms with E-state index in [9.17, 15) is 0 Å². The van der Waals surface area contributed by atoms with Crippen molar-refractivity contribution in [1.82, 2.24) is 10.3 Å². The number of nitrogens with one attached hydrogen (secondary N) is 1. The zero-order chi connectivity index (χ0) is 11.1. The van der Waals surface area contributed by atoms with Crippen molar-refractivity contribution in [2.45, 2.75) is 52.6 Å². The Morgan fingerprint density at radius 2 is 2.27 bits per heavy atom. The Kier molecular flexibility index (Phi) is 5.33. The van der Waals surface area contributed by atoms with Crippen molar-refractivity contribution >= 4 is 0 Å². The summed E-state index contributed by atoms with van der Waals surface area (Å²) < 4.78 is 0. The van der Waals surface area contributed by atoms with Gasteiger partial charge in [0.05, 0.1) is 0 Å². The van der Waals surface area contributed by atoms with E-state index in [1.807, 2.05) is 12.4 Å². The predicted molar refractivity (Wildman–Crippen MR) is 64.8 cm³/mol. The number of unbranched alkanes of at least 4 members (excludes halogenated alkanes) is 1. The standard InChI is InChI=1S/C13H22N2/c1-4-5-6-12(3)15-10-13-7-8-14-9-11(13)2/h7-9,12,15H,4-6,10H2,1-3H3. The van der Waals surface area contributed by atoms with E-state index in [4.69, 9.17) is 0 Å². The summed E-state index contributed by atoms with van der Waals surface area (Å²) in [5, 5.41) is 3.55. The van der Waals surface area contributed by atoms with Crippen LogP contribution in [0.25, 0.3) is 0 Å². The average molecular weight is 206 g/mol. The molecule has 0 spiro atoms. The van der Waals surface area contributed by atoms with E-state index >= 15 is 0 Å². The van der Waals surface area contributed by atoms with Gasteiger partial charge in [-0.05, 0) is 37.5 Å². The molecule has 1 unspecified atom stereocenters. The maximum absolute atomic E-state index is 4.09. The van der Waals surface area contributed by atoms with E-state index in [1.54, 1.807) is 0 Å². The van der Waals surface area contributed by atoms with Crippen LogP contribution in [0, 0.1) is 6.92 Å². The molecule has 0 aromatic carbocycles. The Morgan fingerprint density at radius 1 is 1.47 bits per heavy atom. The van der Waals surface area contributed by atoms with Crippen molar-refractivity contribution in [1.29, 1.82) is 0 Å². The molecule has 1 atom stereocenters. The third kappa shape index (κ3) is 4.43. The quantitative estimate of drug-likeness (QED) is 0.773. The molecule has 1 aromatic rings. The second-order valence-electron chi connectivity index (χ2n) is 4.23. The van der Waals surface area contributed by atoms with Crippen LogP contribution in [-0.4, -0.2) is 11.0 Å². The van der Waals surface area contributed by atoms with Crippen molar-refractivity contribution in [3.63, 3.8) is 0 Å². The molecule has 0 radical (unpaired) electrons. The number of hydrogen-bond acceptors (Lipinski definition) is 2. The van der Waals surface area contributed by atoms with E-state index in [2.05, 4.69) is 37.1 Å². The maximum Gasteiger partial charge on any atom is 0.0300 e. The molecule has 0 bridgehead atoms. The molecule has 2 nitrogen and oxygen atoms in total. The summed E-state index contributed by atoms with van der Waals surface area (Å²) in [5.74, 6) is 0. The molecule has 15 heavy (non-hydrogen) atoms. The second-order valence-corrected chi connectivity index (χ2v) is 4.23. The fourth-order valence-corrected chi connectivity index (χ4v) is 1.60. The third-order valence-corrected chi connectivity index (χ3v) is 2.77. The van der Waals surface area contributed by atoms with Gasteiger partial charge in [-0.1, -0.05) is 19.8 Å². The smallest absolute Gasteiger partial charge is 0.0300 e. The Bertz CT molecular complexity index is 284. The Balaban J connectivity index is 2.33. The predicted octanol–water partition coefficient (Wildman–Crippen LogP) is 3.06. The highest BCUT2D eigenvalue weighted by atomic mass is 14.9. The summed E-state index contributed by atoms with van der Waals surface area (Å²) >= 11 is 0. The lowest BCUT2D eigenvalue weighted by Crippen LogP contribution is -2.25. The van der Waals surface area contributed by atoms with Crippen molar-refractivity contribution < 1.29 is 0 Å². The molecule has 0 fully saturated rings. The van der Waals surface area contributed by atoms with Gasteiger partial charge in [-0.2, -0.15) is 0 Å². The van der Waals surface area contributed by atoms with Gasteiger partial charge in [-0.15, -0.1) is 0 Å². The van der Waals surface area contributed by atoms with Crippen molar-refractivity contribution in [2.75, 3.05) is 0 Å². The van der Waals surface area contributed by atoms with E-state index in [0.717, 1.165) is 6.54 Å². The molecule has 0 aliphatic carbocycles. The summed E-state index contributed by atoms with van der Waals surface area (Å²) in [7, 11) is 0. The number of aromatic nitrogens is 1. The largest absolute Gasteiger partial charge is 0.310 e. The van der Waals surface area contributed by atoms with Crippen molar-refractivity contribution in [3.8, 4) is 0 Å². The van der Waals surface area contributed by atoms with Crippen molar-refractivity contribution in [2.24, 2.45) is 0 Å². The van der Waals surface area contributed by atoms with Gasteiger partial charge in [0.15, 0.2) is 0 Å². The number of hydrogen-bond donors (Lipinski definition) is 1. The maximum atomic E-state index is 4.09. The fourth-order valence-electron chi connectivity index (χ4n) is 1.60. The Labute approximate surface area is 93.1 Å². The first kappa shape index (κ1) is 12.2. The van der Waals surface area contributed by atoms with E-state index in [-0.39, 0.29) is 0 Å². The van der Waals surface area contributed by atoms with Crippen LogP contribution in [0.3, 0.4) is 0 Å². The summed E-state index contributed by atoms with van der Waals surface area (Å²) in [6.45, 7) is 7.56. The minimum atomic E-state index is 0.609. The first-order chi connectivity index (χ1) is 7.24. The SMILES string of the molecule is CCCCC(C)NCc1ccncc1C. The lowest BCUT2D eigenvalue weighted by molar-refractivity contribution is 0.494. The number of nitrogens with zero attached hydrogens (tertiary/aromatic N) is 1. The number of aryl methyl sites for hydroxylation is 1. The van der Waals surface area contributed by atoms with Gasteiger partial charge in [0.1, 0.15) is 0 Å². The Morgan fingerprint density at radius 3 is 2.93 bits per heavy atom. The molecule has 1 heterocycles. The van der Waals surface area contributed by atoms with Crippen LogP contribution < -0.4 is 5.32 Å². The second kappa shape index (κ2) is 6.57. The molecule has 84 valence electrons. The van der Waals surface area contributed by atoms with Crippen LogP contribution in [0.2, 0.25) is 0 Å². The summed E-state index contributed by atoms with van der Waals surface area (Å²) in [6.07, 6.45) is 7.64. The highest BCUT2D eigenvalue weighted by molar-refractivity contribution is 5.21. The van der Waals surface area contributed by atoms with E-state index < -0.39 is 0 Å². The molecule has 0 aliphatic rings. The van der Waals surface area contributed by atoms with E-state index in [0.29, 0.717) is 6.04 Å². The Hall–Kier alpha value is -0.890. The first-order valence-corrected chi connectivity index (χ1v) is 5.87. The van der Waals surface area contributed by atoms with Gasteiger partial charge in [0, 0.05) is 25.0 Å². The zero-order valence-corrected chi connectivity index (χ0v) is 10.1. The van der Waals surface area contributed by atoms with Crippen LogP contribution in [0.1, 0.15) is 44.2 Å². The topological polar surface area (TPSA) is 24.9 Å². The zero-order valence-electron chi connectivity index (χ0n) is 10.1. The summed E-state index contributed by atoms with van der Waals surface area (Å²) in [5.41, 5.74) is 2.63. The molecule has 1 aromatic heterocycles. The van der Waals surface area contributed by atoms with Gasteiger partial charge in [-0.25, -0.2) is 0 Å². The van der Waals surface area contributed by atoms with Gasteiger partial charge in [-0.3, -0.25) is 4.98 Å². The molecule has 0 saturated heterocycles. The van der Waals surface area contributed by atoms with Crippen molar-refractivity contribution in [3.05, 3.63) is 29.6 Å². The molecule has 0 saturated carbocycles. The van der Waals surface area contributed by atoms with Crippen LogP contribution >= 0.6 is 0 Å². The molecule has 1 rings (SSSR count). The van der Waals surface area contributed by atoms with Crippen LogP contribution in [-0.2, 0) is 6.54 Å². The molecule has 0 aliphatic heterocycles. The van der Waals surface area contributed by atoms with Gasteiger partial charge in [0.25, 0.3) is 0 Å². The fraction of sp³-hybridized carbons (Fsp3) is 0.615. The highest BCUT2D eigenvalue weighted by Gasteiger charge is 2.02.